The molecule has 0 saturated heterocycles. The number of aromatic nitrogens is 2. The summed E-state index contributed by atoms with van der Waals surface area (Å²) in [4.78, 5) is 8.74. The van der Waals surface area contributed by atoms with E-state index in [1.54, 1.807) is 6.33 Å². The summed E-state index contributed by atoms with van der Waals surface area (Å²) in [5, 5.41) is 6.79. The number of rotatable bonds is 5. The molecule has 2 heterocycles. The first kappa shape index (κ1) is 13.7. The number of nitrogens with zero attached hydrogens (tertiary/aromatic N) is 2. The number of benzene rings is 1. The summed E-state index contributed by atoms with van der Waals surface area (Å²) in [6.07, 6.45) is 2.47. The average Bonchev–Trinajstić information content (AvgIpc) is 2.91. The van der Waals surface area contributed by atoms with Crippen LogP contribution in [0, 0.1) is 0 Å². The minimum absolute atomic E-state index is 0.135. The van der Waals surface area contributed by atoms with Gasteiger partial charge in [-0.1, -0.05) is 25.1 Å². The second kappa shape index (κ2) is 5.99. The molecule has 110 valence electrons. The van der Waals surface area contributed by atoms with Crippen molar-refractivity contribution < 1.29 is 4.74 Å². The zero-order valence-corrected chi connectivity index (χ0v) is 12.4. The van der Waals surface area contributed by atoms with E-state index in [0.29, 0.717) is 6.61 Å². The van der Waals surface area contributed by atoms with E-state index < -0.39 is 0 Å². The summed E-state index contributed by atoms with van der Waals surface area (Å²) in [5.41, 5.74) is 2.30. The van der Waals surface area contributed by atoms with Crippen molar-refractivity contribution in [2.45, 2.75) is 26.3 Å². The van der Waals surface area contributed by atoms with Gasteiger partial charge in [0.2, 0.25) is 0 Å². The van der Waals surface area contributed by atoms with E-state index in [1.807, 2.05) is 18.2 Å². The third-order valence-corrected chi connectivity index (χ3v) is 3.65. The summed E-state index contributed by atoms with van der Waals surface area (Å²) in [7, 11) is 0. The molecular weight excluding hydrogens is 264 g/mol. The Labute approximate surface area is 124 Å². The maximum atomic E-state index is 5.71. The highest BCUT2D eigenvalue weighted by molar-refractivity contribution is 5.59. The van der Waals surface area contributed by atoms with Crippen molar-refractivity contribution in [3.63, 3.8) is 0 Å². The number of hydrogen-bond acceptors (Lipinski definition) is 5. The van der Waals surface area contributed by atoms with Crippen LogP contribution in [-0.2, 0) is 6.42 Å². The molecule has 5 heteroatoms. The largest absolute Gasteiger partial charge is 0.491 e. The van der Waals surface area contributed by atoms with Gasteiger partial charge in [0.15, 0.2) is 0 Å². The van der Waals surface area contributed by atoms with Crippen LogP contribution in [0.25, 0.3) is 0 Å². The number of hydrogen-bond donors (Lipinski definition) is 2. The standard InChI is InChI=1S/C16H20N4O/c1-3-11-15(17-4-2)18-10-19-16(11)20-13-9-21-14-8-6-5-7-12(13)14/h5-8,10,13H,3-4,9H2,1-2H3,(H2,17,18,19,20). The molecule has 0 radical (unpaired) electrons. The fraction of sp³-hybridized carbons (Fsp3) is 0.375. The van der Waals surface area contributed by atoms with Crippen molar-refractivity contribution in [1.29, 1.82) is 0 Å². The van der Waals surface area contributed by atoms with Crippen LogP contribution in [0.1, 0.15) is 31.0 Å². The molecule has 1 unspecified atom stereocenters. The van der Waals surface area contributed by atoms with E-state index in [2.05, 4.69) is 40.5 Å². The van der Waals surface area contributed by atoms with Gasteiger partial charge in [0.05, 0.1) is 6.04 Å². The van der Waals surface area contributed by atoms with Crippen molar-refractivity contribution in [2.75, 3.05) is 23.8 Å². The number of para-hydroxylation sites is 1. The maximum absolute atomic E-state index is 5.71. The molecule has 21 heavy (non-hydrogen) atoms. The van der Waals surface area contributed by atoms with Crippen molar-refractivity contribution >= 4 is 11.6 Å². The molecule has 1 atom stereocenters. The van der Waals surface area contributed by atoms with Gasteiger partial charge in [-0.15, -0.1) is 0 Å². The summed E-state index contributed by atoms with van der Waals surface area (Å²) < 4.78 is 5.71. The number of anilines is 2. The molecule has 5 nitrogen and oxygen atoms in total. The molecule has 1 aliphatic heterocycles. The fourth-order valence-corrected chi connectivity index (χ4v) is 2.64. The Morgan fingerprint density at radius 3 is 2.81 bits per heavy atom. The first-order valence-electron chi connectivity index (χ1n) is 7.39. The van der Waals surface area contributed by atoms with E-state index in [4.69, 9.17) is 4.74 Å². The SMILES string of the molecule is CCNc1ncnc(NC2COc3ccccc32)c1CC. The van der Waals surface area contributed by atoms with Crippen molar-refractivity contribution in [3.05, 3.63) is 41.7 Å². The lowest BCUT2D eigenvalue weighted by Gasteiger charge is -2.17. The highest BCUT2D eigenvalue weighted by Crippen LogP contribution is 2.34. The van der Waals surface area contributed by atoms with Gasteiger partial charge in [0, 0.05) is 17.7 Å². The molecule has 0 aliphatic carbocycles. The Morgan fingerprint density at radius 1 is 1.19 bits per heavy atom. The topological polar surface area (TPSA) is 59.1 Å². The van der Waals surface area contributed by atoms with Crippen molar-refractivity contribution in [1.82, 2.24) is 9.97 Å². The molecule has 2 aromatic rings. The van der Waals surface area contributed by atoms with Gasteiger partial charge in [0.25, 0.3) is 0 Å². The quantitative estimate of drug-likeness (QED) is 0.884. The Hall–Kier alpha value is -2.30. The normalized spacial score (nSPS) is 16.2. The average molecular weight is 284 g/mol. The molecule has 0 fully saturated rings. The van der Waals surface area contributed by atoms with Crippen molar-refractivity contribution in [3.8, 4) is 5.75 Å². The van der Waals surface area contributed by atoms with Gasteiger partial charge in [-0.25, -0.2) is 9.97 Å². The van der Waals surface area contributed by atoms with Crippen molar-refractivity contribution in [2.24, 2.45) is 0 Å². The molecular formula is C16H20N4O. The van der Waals surface area contributed by atoms with E-state index in [-0.39, 0.29) is 6.04 Å². The predicted molar refractivity (Wildman–Crippen MR) is 83.9 cm³/mol. The Balaban J connectivity index is 1.87. The second-order valence-electron chi connectivity index (χ2n) is 4.98. The molecule has 0 spiro atoms. The molecule has 3 rings (SSSR count). The third kappa shape index (κ3) is 2.63. The predicted octanol–water partition coefficient (Wildman–Crippen LogP) is 3.02. The highest BCUT2D eigenvalue weighted by Gasteiger charge is 2.24. The summed E-state index contributed by atoms with van der Waals surface area (Å²) in [6, 6.07) is 8.26. The summed E-state index contributed by atoms with van der Waals surface area (Å²) in [6.45, 7) is 5.65. The van der Waals surface area contributed by atoms with Gasteiger partial charge in [-0.3, -0.25) is 0 Å². The lowest BCUT2D eigenvalue weighted by Crippen LogP contribution is -2.16. The molecule has 2 N–H and O–H groups in total. The van der Waals surface area contributed by atoms with E-state index in [9.17, 15) is 0 Å². The number of fused-ring (bicyclic) bond motifs is 1. The third-order valence-electron chi connectivity index (χ3n) is 3.65. The summed E-state index contributed by atoms with van der Waals surface area (Å²) >= 11 is 0. The number of ether oxygens (including phenoxy) is 1. The molecule has 1 aromatic carbocycles. The maximum Gasteiger partial charge on any atom is 0.135 e. The van der Waals surface area contributed by atoms with Crippen LogP contribution in [0.15, 0.2) is 30.6 Å². The lowest BCUT2D eigenvalue weighted by molar-refractivity contribution is 0.339. The lowest BCUT2D eigenvalue weighted by atomic mass is 10.1. The fourth-order valence-electron chi connectivity index (χ4n) is 2.64. The molecule has 0 bridgehead atoms. The van der Waals surface area contributed by atoms with Crippen LogP contribution in [0.2, 0.25) is 0 Å². The Kier molecular flexibility index (Phi) is 3.90. The second-order valence-corrected chi connectivity index (χ2v) is 4.98. The van der Waals surface area contributed by atoms with E-state index >= 15 is 0 Å². The zero-order chi connectivity index (χ0) is 14.7. The van der Waals surface area contributed by atoms with Gasteiger partial charge in [-0.05, 0) is 19.4 Å². The first-order valence-corrected chi connectivity index (χ1v) is 7.39. The first-order chi connectivity index (χ1) is 10.3. The molecule has 1 aliphatic rings. The minimum Gasteiger partial charge on any atom is -0.491 e. The van der Waals surface area contributed by atoms with E-state index in [1.165, 1.54) is 5.56 Å². The zero-order valence-electron chi connectivity index (χ0n) is 12.4. The van der Waals surface area contributed by atoms with Crippen LogP contribution < -0.4 is 15.4 Å². The smallest absolute Gasteiger partial charge is 0.135 e. The molecule has 0 saturated carbocycles. The van der Waals surface area contributed by atoms with Crippen LogP contribution in [0.3, 0.4) is 0 Å². The van der Waals surface area contributed by atoms with Crippen LogP contribution >= 0.6 is 0 Å². The molecule has 1 aromatic heterocycles. The number of nitrogens with one attached hydrogen (secondary N) is 2. The monoisotopic (exact) mass is 284 g/mol. The van der Waals surface area contributed by atoms with Gasteiger partial charge in [-0.2, -0.15) is 0 Å². The van der Waals surface area contributed by atoms with E-state index in [0.717, 1.165) is 35.9 Å². The Morgan fingerprint density at radius 2 is 2.00 bits per heavy atom. The Bertz CT molecular complexity index is 629. The van der Waals surface area contributed by atoms with Gasteiger partial charge < -0.3 is 15.4 Å². The van der Waals surface area contributed by atoms with Gasteiger partial charge in [0.1, 0.15) is 30.3 Å². The molecule has 0 amide bonds. The van der Waals surface area contributed by atoms with Crippen LogP contribution in [0.4, 0.5) is 11.6 Å². The van der Waals surface area contributed by atoms with Crippen LogP contribution in [-0.4, -0.2) is 23.1 Å². The minimum atomic E-state index is 0.135. The van der Waals surface area contributed by atoms with Gasteiger partial charge >= 0.3 is 0 Å². The summed E-state index contributed by atoms with van der Waals surface area (Å²) in [5.74, 6) is 2.74. The highest BCUT2D eigenvalue weighted by atomic mass is 16.5. The van der Waals surface area contributed by atoms with Crippen LogP contribution in [0.5, 0.6) is 5.75 Å².